The van der Waals surface area contributed by atoms with Gasteiger partial charge in [-0.25, -0.2) is 0 Å². The minimum atomic E-state index is -0.294. The number of hydrogen-bond donors (Lipinski definition) is 1. The van der Waals surface area contributed by atoms with Crippen molar-refractivity contribution < 1.29 is 4.92 Å². The van der Waals surface area contributed by atoms with Crippen molar-refractivity contribution in [3.05, 3.63) is 69.4 Å². The molecule has 0 spiro atoms. The Labute approximate surface area is 180 Å². The molecule has 1 saturated heterocycles. The molecule has 8 heteroatoms. The lowest BCUT2D eigenvalue weighted by Crippen LogP contribution is -2.47. The van der Waals surface area contributed by atoms with Gasteiger partial charge in [0, 0.05) is 67.6 Å². The van der Waals surface area contributed by atoms with E-state index in [0.717, 1.165) is 67.1 Å². The summed E-state index contributed by atoms with van der Waals surface area (Å²) in [5, 5.41) is 16.6. The number of rotatable bonds is 6. The van der Waals surface area contributed by atoms with Crippen LogP contribution in [0.5, 0.6) is 0 Å². The molecule has 0 bridgehead atoms. The van der Waals surface area contributed by atoms with Crippen LogP contribution in [0.25, 0.3) is 10.9 Å². The minimum Gasteiger partial charge on any atom is -0.383 e. The first kappa shape index (κ1) is 20.4. The molecule has 1 aromatic heterocycles. The molecular weight excluding hydrogens is 402 g/mol. The number of piperazine rings is 1. The second kappa shape index (κ2) is 8.85. The van der Waals surface area contributed by atoms with Crippen LogP contribution in [0.3, 0.4) is 0 Å². The Morgan fingerprint density at radius 2 is 1.93 bits per heavy atom. The van der Waals surface area contributed by atoms with Crippen LogP contribution in [0.1, 0.15) is 5.56 Å². The van der Waals surface area contributed by atoms with Crippen molar-refractivity contribution >= 4 is 39.6 Å². The highest BCUT2D eigenvalue weighted by atomic mass is 35.5. The van der Waals surface area contributed by atoms with E-state index in [0.29, 0.717) is 5.02 Å². The van der Waals surface area contributed by atoms with E-state index in [2.05, 4.69) is 20.1 Å². The fraction of sp³-hybridized carbons (Fsp3) is 0.318. The molecule has 1 aliphatic rings. The van der Waals surface area contributed by atoms with Gasteiger partial charge in [-0.15, -0.1) is 0 Å². The Bertz CT molecular complexity index is 1070. The van der Waals surface area contributed by atoms with Crippen LogP contribution in [0.2, 0.25) is 5.02 Å². The van der Waals surface area contributed by atoms with Gasteiger partial charge in [0.1, 0.15) is 5.69 Å². The third-order valence-electron chi connectivity index (χ3n) is 5.49. The molecular formula is C22H24ClN5O2. The highest BCUT2D eigenvalue weighted by Crippen LogP contribution is 2.30. The Morgan fingerprint density at radius 1 is 1.13 bits per heavy atom. The summed E-state index contributed by atoms with van der Waals surface area (Å²) in [4.78, 5) is 20.0. The zero-order valence-electron chi connectivity index (χ0n) is 16.8. The van der Waals surface area contributed by atoms with Crippen LogP contribution < -0.4 is 10.2 Å². The number of nitro benzene ring substituents is 1. The third kappa shape index (κ3) is 4.47. The molecule has 3 aromatic rings. The van der Waals surface area contributed by atoms with Crippen LogP contribution in [0, 0.1) is 17.0 Å². The second-order valence-corrected chi connectivity index (χ2v) is 7.96. The summed E-state index contributed by atoms with van der Waals surface area (Å²) in [7, 11) is 0. The van der Waals surface area contributed by atoms with Crippen LogP contribution in [0.4, 0.5) is 17.1 Å². The number of fused-ring (bicyclic) bond motifs is 1. The Morgan fingerprint density at radius 3 is 2.70 bits per heavy atom. The Balaban J connectivity index is 1.33. The van der Waals surface area contributed by atoms with Crippen molar-refractivity contribution in [3.8, 4) is 0 Å². The maximum atomic E-state index is 11.4. The van der Waals surface area contributed by atoms with Gasteiger partial charge < -0.3 is 10.2 Å². The number of aryl methyl sites for hydroxylation is 1. The molecule has 30 heavy (non-hydrogen) atoms. The molecule has 1 fully saturated rings. The summed E-state index contributed by atoms with van der Waals surface area (Å²) in [5.41, 5.74) is 3.86. The monoisotopic (exact) mass is 425 g/mol. The lowest BCUT2D eigenvalue weighted by atomic mass is 10.1. The van der Waals surface area contributed by atoms with Gasteiger partial charge >= 0.3 is 0 Å². The Hall–Kier alpha value is -2.90. The molecule has 1 aliphatic heterocycles. The molecule has 0 saturated carbocycles. The average molecular weight is 426 g/mol. The van der Waals surface area contributed by atoms with Crippen molar-refractivity contribution in [1.29, 1.82) is 0 Å². The van der Waals surface area contributed by atoms with E-state index in [1.54, 1.807) is 18.3 Å². The van der Waals surface area contributed by atoms with E-state index in [1.165, 1.54) is 0 Å². The third-order valence-corrected chi connectivity index (χ3v) is 5.72. The first-order valence-electron chi connectivity index (χ1n) is 10.0. The molecule has 2 heterocycles. The van der Waals surface area contributed by atoms with Crippen molar-refractivity contribution in [3.63, 3.8) is 0 Å². The molecule has 1 N–H and O–H groups in total. The normalized spacial score (nSPS) is 14.8. The number of pyridine rings is 1. The van der Waals surface area contributed by atoms with Gasteiger partial charge in [0.2, 0.25) is 0 Å². The second-order valence-electron chi connectivity index (χ2n) is 7.52. The fourth-order valence-corrected chi connectivity index (χ4v) is 4.04. The quantitative estimate of drug-likeness (QED) is 0.467. The number of nitro groups is 1. The molecule has 0 amide bonds. The lowest BCUT2D eigenvalue weighted by molar-refractivity contribution is -0.384. The first-order valence-corrected chi connectivity index (χ1v) is 10.4. The van der Waals surface area contributed by atoms with Crippen molar-refractivity contribution in [2.45, 2.75) is 6.92 Å². The molecule has 0 aliphatic carbocycles. The van der Waals surface area contributed by atoms with Gasteiger partial charge in [-0.2, -0.15) is 0 Å². The molecule has 0 radical (unpaired) electrons. The highest BCUT2D eigenvalue weighted by molar-refractivity contribution is 6.31. The van der Waals surface area contributed by atoms with E-state index in [-0.39, 0.29) is 10.6 Å². The highest BCUT2D eigenvalue weighted by Gasteiger charge is 2.23. The molecule has 0 atom stereocenters. The number of hydrogen-bond acceptors (Lipinski definition) is 6. The van der Waals surface area contributed by atoms with Gasteiger partial charge in [-0.05, 0) is 42.8 Å². The van der Waals surface area contributed by atoms with E-state index in [4.69, 9.17) is 11.6 Å². The summed E-state index contributed by atoms with van der Waals surface area (Å²) in [6.45, 7) is 6.99. The van der Waals surface area contributed by atoms with Crippen molar-refractivity contribution in [1.82, 2.24) is 9.88 Å². The fourth-order valence-electron chi connectivity index (χ4n) is 3.88. The number of nitrogens with one attached hydrogen (secondary N) is 1. The number of aromatic nitrogens is 1. The summed E-state index contributed by atoms with van der Waals surface area (Å²) in [6.07, 6.45) is 1.79. The maximum absolute atomic E-state index is 11.4. The molecule has 0 unspecified atom stereocenters. The van der Waals surface area contributed by atoms with E-state index < -0.39 is 0 Å². The van der Waals surface area contributed by atoms with Gasteiger partial charge in [0.05, 0.1) is 10.4 Å². The number of anilines is 2. The summed E-state index contributed by atoms with van der Waals surface area (Å²) in [5.74, 6) is 0. The number of benzene rings is 2. The van der Waals surface area contributed by atoms with Crippen molar-refractivity contribution in [2.75, 3.05) is 49.5 Å². The predicted molar refractivity (Wildman–Crippen MR) is 122 cm³/mol. The standard InChI is InChI=1S/C22H24ClN5O2/c1-16-2-5-21(28(29)30)22(14-16)27-12-10-26(11-13-27)9-8-25-19-6-7-24-20-15-17(23)3-4-18(19)20/h2-7,14-15H,8-13H2,1H3,(H,24,25). The van der Waals surface area contributed by atoms with Gasteiger partial charge in [0.25, 0.3) is 5.69 Å². The van der Waals surface area contributed by atoms with E-state index >= 15 is 0 Å². The number of halogens is 1. The Kier molecular flexibility index (Phi) is 6.01. The molecule has 156 valence electrons. The largest absolute Gasteiger partial charge is 0.383 e. The van der Waals surface area contributed by atoms with Crippen LogP contribution >= 0.6 is 11.6 Å². The maximum Gasteiger partial charge on any atom is 0.292 e. The summed E-state index contributed by atoms with van der Waals surface area (Å²) < 4.78 is 0. The molecule has 7 nitrogen and oxygen atoms in total. The van der Waals surface area contributed by atoms with Crippen molar-refractivity contribution in [2.24, 2.45) is 0 Å². The average Bonchev–Trinajstić information content (AvgIpc) is 2.74. The molecule has 2 aromatic carbocycles. The smallest absolute Gasteiger partial charge is 0.292 e. The van der Waals surface area contributed by atoms with Gasteiger partial charge in [0.15, 0.2) is 0 Å². The van der Waals surface area contributed by atoms with E-state index in [1.807, 2.05) is 37.3 Å². The summed E-state index contributed by atoms with van der Waals surface area (Å²) >= 11 is 6.06. The van der Waals surface area contributed by atoms with Crippen LogP contribution in [-0.2, 0) is 0 Å². The zero-order chi connectivity index (χ0) is 21.1. The summed E-state index contributed by atoms with van der Waals surface area (Å²) in [6, 6.07) is 13.0. The first-order chi connectivity index (χ1) is 14.5. The molecule has 4 rings (SSSR count). The lowest BCUT2D eigenvalue weighted by Gasteiger charge is -2.36. The van der Waals surface area contributed by atoms with Crippen LogP contribution in [-0.4, -0.2) is 54.1 Å². The van der Waals surface area contributed by atoms with E-state index in [9.17, 15) is 10.1 Å². The SMILES string of the molecule is Cc1ccc([N+](=O)[O-])c(N2CCN(CCNc3ccnc4cc(Cl)ccc34)CC2)c1. The topological polar surface area (TPSA) is 74.5 Å². The van der Waals surface area contributed by atoms with Crippen LogP contribution in [0.15, 0.2) is 48.7 Å². The minimum absolute atomic E-state index is 0.181. The van der Waals surface area contributed by atoms with Gasteiger partial charge in [-0.3, -0.25) is 20.0 Å². The predicted octanol–water partition coefficient (Wildman–Crippen LogP) is 4.34. The number of nitrogens with zero attached hydrogens (tertiary/aromatic N) is 4. The zero-order valence-corrected chi connectivity index (χ0v) is 17.6. The van der Waals surface area contributed by atoms with Gasteiger partial charge in [-0.1, -0.05) is 17.7 Å².